The lowest BCUT2D eigenvalue weighted by atomic mass is 9.69. The van der Waals surface area contributed by atoms with Gasteiger partial charge in [-0.25, -0.2) is 0 Å². The van der Waals surface area contributed by atoms with Gasteiger partial charge in [0.1, 0.15) is 0 Å². The topological polar surface area (TPSA) is 29.5 Å². The zero-order valence-corrected chi connectivity index (χ0v) is 11.7. The fourth-order valence-electron chi connectivity index (χ4n) is 4.46. The molecule has 1 N–H and O–H groups in total. The van der Waals surface area contributed by atoms with Gasteiger partial charge in [-0.1, -0.05) is 19.8 Å². The van der Waals surface area contributed by atoms with Crippen molar-refractivity contribution in [3.05, 3.63) is 0 Å². The quantitative estimate of drug-likeness (QED) is 0.832. The van der Waals surface area contributed by atoms with Crippen molar-refractivity contribution in [1.29, 1.82) is 0 Å². The maximum absolute atomic E-state index is 10.7. The summed E-state index contributed by atoms with van der Waals surface area (Å²) in [6.45, 7) is 3.17. The molecule has 1 saturated heterocycles. The Balaban J connectivity index is 1.57. The molecule has 0 aromatic carbocycles. The van der Waals surface area contributed by atoms with E-state index in [1.807, 2.05) is 0 Å². The van der Waals surface area contributed by atoms with Crippen molar-refractivity contribution in [3.63, 3.8) is 0 Å². The summed E-state index contributed by atoms with van der Waals surface area (Å²) in [5.74, 6) is 1.97. The fourth-order valence-corrected chi connectivity index (χ4v) is 4.46. The number of aliphatic hydroxyl groups is 1. The molecule has 18 heavy (non-hydrogen) atoms. The zero-order chi connectivity index (χ0) is 12.6. The van der Waals surface area contributed by atoms with Crippen molar-refractivity contribution in [2.75, 3.05) is 6.61 Å². The molecular weight excluding hydrogens is 224 g/mol. The van der Waals surface area contributed by atoms with E-state index in [1.54, 1.807) is 0 Å². The summed E-state index contributed by atoms with van der Waals surface area (Å²) in [6, 6.07) is 0. The Morgan fingerprint density at radius 2 is 2.06 bits per heavy atom. The van der Waals surface area contributed by atoms with E-state index in [-0.39, 0.29) is 11.7 Å². The van der Waals surface area contributed by atoms with E-state index in [2.05, 4.69) is 6.92 Å². The van der Waals surface area contributed by atoms with Crippen LogP contribution in [0.5, 0.6) is 0 Å². The molecule has 0 aromatic rings. The van der Waals surface area contributed by atoms with E-state index in [0.717, 1.165) is 25.4 Å². The van der Waals surface area contributed by atoms with Crippen molar-refractivity contribution in [2.24, 2.45) is 17.8 Å². The van der Waals surface area contributed by atoms with Gasteiger partial charge in [-0.2, -0.15) is 0 Å². The molecule has 0 aromatic heterocycles. The van der Waals surface area contributed by atoms with Gasteiger partial charge in [0.25, 0.3) is 0 Å². The van der Waals surface area contributed by atoms with Gasteiger partial charge in [0.05, 0.1) is 11.7 Å². The van der Waals surface area contributed by atoms with E-state index >= 15 is 0 Å². The van der Waals surface area contributed by atoms with E-state index in [0.29, 0.717) is 11.8 Å². The van der Waals surface area contributed by atoms with Crippen molar-refractivity contribution in [2.45, 2.75) is 76.4 Å². The van der Waals surface area contributed by atoms with Crippen molar-refractivity contribution < 1.29 is 9.84 Å². The van der Waals surface area contributed by atoms with Gasteiger partial charge in [0.15, 0.2) is 0 Å². The number of aliphatic hydroxyl groups excluding tert-OH is 1. The SMILES string of the molecule is CCC1CCC(C(O)C2CCOC3(CCC3)C2)C1. The van der Waals surface area contributed by atoms with Crippen LogP contribution >= 0.6 is 0 Å². The minimum Gasteiger partial charge on any atom is -0.393 e. The van der Waals surface area contributed by atoms with Gasteiger partial charge >= 0.3 is 0 Å². The number of rotatable bonds is 3. The second kappa shape index (κ2) is 5.13. The molecule has 0 amide bonds. The summed E-state index contributed by atoms with van der Waals surface area (Å²) in [6.07, 6.45) is 11.1. The number of ether oxygens (including phenoxy) is 1. The molecule has 4 atom stereocenters. The first-order valence-electron chi connectivity index (χ1n) is 8.04. The van der Waals surface area contributed by atoms with Crippen LogP contribution in [0.3, 0.4) is 0 Å². The zero-order valence-electron chi connectivity index (χ0n) is 11.7. The highest BCUT2D eigenvalue weighted by Gasteiger charge is 2.45. The van der Waals surface area contributed by atoms with Gasteiger partial charge in [0, 0.05) is 6.61 Å². The largest absolute Gasteiger partial charge is 0.393 e. The molecule has 3 rings (SSSR count). The summed E-state index contributed by atoms with van der Waals surface area (Å²) in [5, 5.41) is 10.7. The lowest BCUT2D eigenvalue weighted by Crippen LogP contribution is -2.48. The van der Waals surface area contributed by atoms with Crippen LogP contribution < -0.4 is 0 Å². The Hall–Kier alpha value is -0.0800. The second-order valence-corrected chi connectivity index (χ2v) is 6.98. The fraction of sp³-hybridized carbons (Fsp3) is 1.00. The lowest BCUT2D eigenvalue weighted by Gasteiger charge is -2.48. The van der Waals surface area contributed by atoms with Crippen LogP contribution in [-0.2, 0) is 4.74 Å². The molecule has 0 bridgehead atoms. The van der Waals surface area contributed by atoms with Gasteiger partial charge in [-0.05, 0) is 62.7 Å². The lowest BCUT2D eigenvalue weighted by molar-refractivity contribution is -0.161. The minimum absolute atomic E-state index is 0.0528. The average Bonchev–Trinajstić information content (AvgIpc) is 2.85. The maximum atomic E-state index is 10.7. The molecule has 1 aliphatic heterocycles. The van der Waals surface area contributed by atoms with Gasteiger partial charge in [-0.15, -0.1) is 0 Å². The third-order valence-corrected chi connectivity index (χ3v) is 5.92. The van der Waals surface area contributed by atoms with Gasteiger partial charge in [-0.3, -0.25) is 0 Å². The standard InChI is InChI=1S/C16H28O2/c1-2-12-4-5-13(10-12)15(17)14-6-9-18-16(11-14)7-3-8-16/h12-15,17H,2-11H2,1H3. The Bertz CT molecular complexity index is 285. The summed E-state index contributed by atoms with van der Waals surface area (Å²) >= 11 is 0. The highest BCUT2D eigenvalue weighted by molar-refractivity contribution is 4.97. The molecular formula is C16H28O2. The summed E-state index contributed by atoms with van der Waals surface area (Å²) < 4.78 is 5.98. The first-order valence-corrected chi connectivity index (χ1v) is 8.04. The normalized spacial score (nSPS) is 40.7. The van der Waals surface area contributed by atoms with Crippen LogP contribution in [0, 0.1) is 17.8 Å². The van der Waals surface area contributed by atoms with Crippen LogP contribution in [0.2, 0.25) is 0 Å². The van der Waals surface area contributed by atoms with Gasteiger partial charge < -0.3 is 9.84 Å². The highest BCUT2D eigenvalue weighted by Crippen LogP contribution is 2.47. The van der Waals surface area contributed by atoms with E-state index in [4.69, 9.17) is 4.74 Å². The van der Waals surface area contributed by atoms with E-state index < -0.39 is 0 Å². The molecule has 4 unspecified atom stereocenters. The predicted molar refractivity (Wildman–Crippen MR) is 72.4 cm³/mol. The van der Waals surface area contributed by atoms with Crippen LogP contribution in [0.15, 0.2) is 0 Å². The second-order valence-electron chi connectivity index (χ2n) is 6.98. The van der Waals surface area contributed by atoms with E-state index in [9.17, 15) is 5.11 Å². The number of hydrogen-bond acceptors (Lipinski definition) is 2. The third-order valence-electron chi connectivity index (χ3n) is 5.92. The molecule has 104 valence electrons. The van der Waals surface area contributed by atoms with Crippen molar-refractivity contribution >= 4 is 0 Å². The Labute approximate surface area is 111 Å². The molecule has 2 nitrogen and oxygen atoms in total. The first kappa shape index (κ1) is 12.9. The molecule has 0 radical (unpaired) electrons. The summed E-state index contributed by atoms with van der Waals surface area (Å²) in [4.78, 5) is 0. The van der Waals surface area contributed by atoms with Gasteiger partial charge in [0.2, 0.25) is 0 Å². The molecule has 2 aliphatic carbocycles. The highest BCUT2D eigenvalue weighted by atomic mass is 16.5. The molecule has 1 spiro atoms. The monoisotopic (exact) mass is 252 g/mol. The van der Waals surface area contributed by atoms with Crippen LogP contribution in [0.4, 0.5) is 0 Å². The maximum Gasteiger partial charge on any atom is 0.0686 e. The van der Waals surface area contributed by atoms with E-state index in [1.165, 1.54) is 44.9 Å². The molecule has 3 aliphatic rings. The minimum atomic E-state index is -0.0528. The van der Waals surface area contributed by atoms with Crippen LogP contribution in [-0.4, -0.2) is 23.4 Å². The van der Waals surface area contributed by atoms with Crippen molar-refractivity contribution in [1.82, 2.24) is 0 Å². The molecule has 2 saturated carbocycles. The molecule has 3 fully saturated rings. The molecule has 1 heterocycles. The van der Waals surface area contributed by atoms with Crippen LogP contribution in [0.1, 0.15) is 64.7 Å². The number of hydrogen-bond donors (Lipinski definition) is 1. The summed E-state index contributed by atoms with van der Waals surface area (Å²) in [5.41, 5.74) is 0.187. The Morgan fingerprint density at radius 1 is 1.22 bits per heavy atom. The smallest absolute Gasteiger partial charge is 0.0686 e. The predicted octanol–water partition coefficient (Wildman–Crippen LogP) is 3.52. The van der Waals surface area contributed by atoms with Crippen LogP contribution in [0.25, 0.3) is 0 Å². The summed E-state index contributed by atoms with van der Waals surface area (Å²) in [7, 11) is 0. The Morgan fingerprint density at radius 3 is 2.67 bits per heavy atom. The molecule has 2 heteroatoms. The van der Waals surface area contributed by atoms with Crippen molar-refractivity contribution in [3.8, 4) is 0 Å². The Kier molecular flexibility index (Phi) is 3.68. The average molecular weight is 252 g/mol. The first-order chi connectivity index (χ1) is 8.72. The third kappa shape index (κ3) is 2.34.